The Bertz CT molecular complexity index is 780. The summed E-state index contributed by atoms with van der Waals surface area (Å²) in [7, 11) is 0. The van der Waals surface area contributed by atoms with Gasteiger partial charge in [0.15, 0.2) is 5.78 Å². The highest BCUT2D eigenvalue weighted by molar-refractivity contribution is 5.94. The Morgan fingerprint density at radius 3 is 1.40 bits per heavy atom. The van der Waals surface area contributed by atoms with Crippen LogP contribution >= 0.6 is 0 Å². The van der Waals surface area contributed by atoms with E-state index in [0.29, 0.717) is 0 Å². The van der Waals surface area contributed by atoms with Crippen molar-refractivity contribution in [1.82, 2.24) is 0 Å². The predicted octanol–water partition coefficient (Wildman–Crippen LogP) is 6.91. The first-order valence-corrected chi connectivity index (χ1v) is 9.87. The molecule has 0 heterocycles. The molecule has 0 saturated heterocycles. The lowest BCUT2D eigenvalue weighted by Crippen LogP contribution is -2.01. The van der Waals surface area contributed by atoms with Crippen LogP contribution in [0.3, 0.4) is 0 Å². The van der Waals surface area contributed by atoms with Crippen molar-refractivity contribution in [2.24, 2.45) is 11.8 Å². The first-order chi connectivity index (χ1) is 13.6. The minimum absolute atomic E-state index is 0. The van der Waals surface area contributed by atoms with E-state index in [2.05, 4.69) is 0 Å². The van der Waals surface area contributed by atoms with Crippen LogP contribution in [0.25, 0.3) is 6.08 Å². The summed E-state index contributed by atoms with van der Waals surface area (Å²) in [4.78, 5) is 31.6. The average molecular weight is 411 g/mol. The third-order valence-electron chi connectivity index (χ3n) is 4.11. The standard InChI is InChI=1S/C13H16O.C8H8O.C5H10O.CH4/c1-10(2)13(14)9-8-12-6-4-11(3)5-7-12;1-7-2-4-8(6-9)5-3-7;1-4(2)5(3)6;/h4-10H,1-3H3;2-6H,1H3;4H,1-3H3;1H4/b9-8+;;;. The third kappa shape index (κ3) is 14.2. The number of aldehydes is 1. The number of aryl methyl sites for hydroxylation is 2. The van der Waals surface area contributed by atoms with Crippen LogP contribution in [0.4, 0.5) is 0 Å². The molecule has 0 fully saturated rings. The molecule has 0 spiro atoms. The van der Waals surface area contributed by atoms with Gasteiger partial charge in [0.2, 0.25) is 0 Å². The van der Waals surface area contributed by atoms with Crippen LogP contribution in [0, 0.1) is 25.7 Å². The van der Waals surface area contributed by atoms with E-state index >= 15 is 0 Å². The molecule has 164 valence electrons. The molecule has 0 aliphatic heterocycles. The van der Waals surface area contributed by atoms with Gasteiger partial charge in [0.1, 0.15) is 12.1 Å². The van der Waals surface area contributed by atoms with E-state index in [1.807, 2.05) is 96.1 Å². The highest BCUT2D eigenvalue weighted by atomic mass is 16.1. The molecule has 3 nitrogen and oxygen atoms in total. The van der Waals surface area contributed by atoms with Crippen LogP contribution in [0.2, 0.25) is 0 Å². The van der Waals surface area contributed by atoms with Gasteiger partial charge in [0.25, 0.3) is 0 Å². The number of benzene rings is 2. The summed E-state index contributed by atoms with van der Waals surface area (Å²) < 4.78 is 0. The second-order valence-electron chi connectivity index (χ2n) is 7.59. The molecule has 2 rings (SSSR count). The van der Waals surface area contributed by atoms with Crippen molar-refractivity contribution in [1.29, 1.82) is 0 Å². The van der Waals surface area contributed by atoms with Crippen LogP contribution in [-0.4, -0.2) is 17.9 Å². The molecule has 0 atom stereocenters. The normalized spacial score (nSPS) is 9.77. The quantitative estimate of drug-likeness (QED) is 0.397. The molecule has 0 N–H and O–H groups in total. The zero-order valence-corrected chi connectivity index (χ0v) is 18.7. The Kier molecular flexibility index (Phi) is 15.7. The van der Waals surface area contributed by atoms with E-state index < -0.39 is 0 Å². The number of ketones is 2. The smallest absolute Gasteiger partial charge is 0.158 e. The maximum atomic E-state index is 11.3. The first kappa shape index (κ1) is 29.4. The highest BCUT2D eigenvalue weighted by Crippen LogP contribution is 2.06. The number of allylic oxidation sites excluding steroid dienone is 1. The maximum Gasteiger partial charge on any atom is 0.158 e. The molecule has 0 radical (unpaired) electrons. The van der Waals surface area contributed by atoms with Gasteiger partial charge >= 0.3 is 0 Å². The van der Waals surface area contributed by atoms with Crippen LogP contribution in [-0.2, 0) is 9.59 Å². The summed E-state index contributed by atoms with van der Waals surface area (Å²) in [6.07, 6.45) is 4.36. The second-order valence-corrected chi connectivity index (χ2v) is 7.59. The van der Waals surface area contributed by atoms with Gasteiger partial charge in [-0.15, -0.1) is 0 Å². The minimum atomic E-state index is 0. The van der Waals surface area contributed by atoms with Crippen molar-refractivity contribution in [3.8, 4) is 0 Å². The lowest BCUT2D eigenvalue weighted by atomic mass is 10.1. The zero-order valence-electron chi connectivity index (χ0n) is 18.7. The fraction of sp³-hybridized carbons (Fsp3) is 0.370. The Hall–Kier alpha value is -2.81. The molecule has 0 unspecified atom stereocenters. The van der Waals surface area contributed by atoms with Crippen molar-refractivity contribution < 1.29 is 14.4 Å². The molecule has 0 aromatic heterocycles. The largest absolute Gasteiger partial charge is 0.300 e. The van der Waals surface area contributed by atoms with Crippen molar-refractivity contribution in [3.63, 3.8) is 0 Å². The number of carbonyl (C=O) groups is 3. The predicted molar refractivity (Wildman–Crippen MR) is 129 cm³/mol. The van der Waals surface area contributed by atoms with Gasteiger partial charge in [0, 0.05) is 17.4 Å². The van der Waals surface area contributed by atoms with Gasteiger partial charge in [-0.1, -0.05) is 101 Å². The van der Waals surface area contributed by atoms with E-state index in [4.69, 9.17) is 0 Å². The molecule has 2 aromatic carbocycles. The third-order valence-corrected chi connectivity index (χ3v) is 4.11. The molecule has 0 saturated carbocycles. The molecule has 0 aliphatic carbocycles. The van der Waals surface area contributed by atoms with Crippen molar-refractivity contribution in [2.75, 3.05) is 0 Å². The topological polar surface area (TPSA) is 51.2 Å². The van der Waals surface area contributed by atoms with E-state index in [0.717, 1.165) is 17.4 Å². The maximum absolute atomic E-state index is 11.3. The van der Waals surface area contributed by atoms with Gasteiger partial charge < -0.3 is 0 Å². The Labute approximate surface area is 183 Å². The van der Waals surface area contributed by atoms with Crippen LogP contribution < -0.4 is 0 Å². The molecular formula is C27H38O3. The van der Waals surface area contributed by atoms with Crippen molar-refractivity contribution in [3.05, 3.63) is 76.9 Å². The number of Topliss-reactive ketones (excluding diaryl/α,β-unsaturated/α-hetero) is 1. The van der Waals surface area contributed by atoms with Gasteiger partial charge in [-0.2, -0.15) is 0 Å². The van der Waals surface area contributed by atoms with Crippen LogP contribution in [0.5, 0.6) is 0 Å². The summed E-state index contributed by atoms with van der Waals surface area (Å²) in [6.45, 7) is 13.2. The fourth-order valence-electron chi connectivity index (χ4n) is 1.69. The fourth-order valence-corrected chi connectivity index (χ4v) is 1.69. The summed E-state index contributed by atoms with van der Waals surface area (Å²) >= 11 is 0. The monoisotopic (exact) mass is 410 g/mol. The lowest BCUT2D eigenvalue weighted by molar-refractivity contribution is -0.119. The van der Waals surface area contributed by atoms with Crippen LogP contribution in [0.15, 0.2) is 54.6 Å². The van der Waals surface area contributed by atoms with Gasteiger partial charge in [-0.25, -0.2) is 0 Å². The number of carbonyl (C=O) groups excluding carboxylic acids is 3. The molecule has 30 heavy (non-hydrogen) atoms. The SMILES string of the molecule is C.CC(=O)C(C)C.Cc1ccc(/C=C/C(=O)C(C)C)cc1.Cc1ccc(C=O)cc1. The Morgan fingerprint density at radius 2 is 1.10 bits per heavy atom. The van der Waals surface area contributed by atoms with E-state index in [9.17, 15) is 14.4 Å². The molecule has 2 aromatic rings. The second kappa shape index (κ2) is 16.0. The number of hydrogen-bond donors (Lipinski definition) is 0. The molecule has 3 heteroatoms. The Morgan fingerprint density at radius 1 is 0.733 bits per heavy atom. The molecule has 0 amide bonds. The molecule has 0 aliphatic rings. The lowest BCUT2D eigenvalue weighted by Gasteiger charge is -1.97. The zero-order chi connectivity index (χ0) is 22.4. The average Bonchev–Trinajstić information content (AvgIpc) is 2.68. The summed E-state index contributed by atoms with van der Waals surface area (Å²) in [5, 5.41) is 0. The van der Waals surface area contributed by atoms with Gasteiger partial charge in [-0.05, 0) is 32.4 Å². The van der Waals surface area contributed by atoms with Crippen molar-refractivity contribution in [2.45, 2.75) is 55.9 Å². The minimum Gasteiger partial charge on any atom is -0.300 e. The summed E-state index contributed by atoms with van der Waals surface area (Å²) in [6, 6.07) is 15.6. The van der Waals surface area contributed by atoms with Gasteiger partial charge in [0.05, 0.1) is 0 Å². The summed E-state index contributed by atoms with van der Waals surface area (Å²) in [5.74, 6) is 0.724. The van der Waals surface area contributed by atoms with Gasteiger partial charge in [-0.3, -0.25) is 14.4 Å². The highest BCUT2D eigenvalue weighted by Gasteiger charge is 2.01. The first-order valence-electron chi connectivity index (χ1n) is 9.87. The van der Waals surface area contributed by atoms with Crippen LogP contribution in [0.1, 0.15) is 69.1 Å². The molecule has 0 bridgehead atoms. The van der Waals surface area contributed by atoms with E-state index in [-0.39, 0.29) is 30.8 Å². The summed E-state index contributed by atoms with van der Waals surface area (Å²) in [5.41, 5.74) is 4.23. The molecular weight excluding hydrogens is 372 g/mol. The number of hydrogen-bond acceptors (Lipinski definition) is 3. The van der Waals surface area contributed by atoms with E-state index in [1.165, 1.54) is 11.1 Å². The Balaban J connectivity index is 0. The number of rotatable bonds is 5. The van der Waals surface area contributed by atoms with Crippen molar-refractivity contribution >= 4 is 23.9 Å². The van der Waals surface area contributed by atoms with E-state index in [1.54, 1.807) is 13.0 Å².